The van der Waals surface area contributed by atoms with E-state index in [0.29, 0.717) is 35.1 Å². The molecule has 0 saturated heterocycles. The number of fused-ring (bicyclic) bond motifs is 2. The largest absolute Gasteiger partial charge is 0.507 e. The van der Waals surface area contributed by atoms with Gasteiger partial charge in [-0.2, -0.15) is 5.10 Å². The maximum absolute atomic E-state index is 13.5. The summed E-state index contributed by atoms with van der Waals surface area (Å²) in [7, 11) is 0. The highest BCUT2D eigenvalue weighted by atomic mass is 19.1. The number of phenols is 1. The molecular weight excluding hydrogens is 375 g/mol. The lowest BCUT2D eigenvalue weighted by molar-refractivity contribution is 0.0955. The van der Waals surface area contributed by atoms with E-state index in [1.807, 2.05) is 0 Å². The Morgan fingerprint density at radius 1 is 1.31 bits per heavy atom. The fourth-order valence-corrected chi connectivity index (χ4v) is 3.48. The third-order valence-electron chi connectivity index (χ3n) is 4.98. The summed E-state index contributed by atoms with van der Waals surface area (Å²) in [5, 5.41) is 14.5. The van der Waals surface area contributed by atoms with Gasteiger partial charge in [-0.1, -0.05) is 6.92 Å². The topological polar surface area (TPSA) is 96.6 Å². The van der Waals surface area contributed by atoms with Crippen molar-refractivity contribution < 1.29 is 14.3 Å². The Bertz CT molecular complexity index is 1220. The molecule has 2 heterocycles. The molecule has 0 unspecified atom stereocenters. The average Bonchev–Trinajstić information content (AvgIpc) is 3.19. The number of benzene rings is 2. The molecule has 0 radical (unpaired) electrons. The molecule has 2 aromatic carbocycles. The second kappa shape index (κ2) is 7.46. The predicted octanol–water partition coefficient (Wildman–Crippen LogP) is 2.73. The molecule has 0 fully saturated rings. The number of rotatable bonds is 4. The number of nitrogens with zero attached hydrogens (tertiary/aromatic N) is 3. The van der Waals surface area contributed by atoms with E-state index in [-0.39, 0.29) is 16.9 Å². The van der Waals surface area contributed by atoms with Crippen molar-refractivity contribution in [2.75, 3.05) is 0 Å². The van der Waals surface area contributed by atoms with Gasteiger partial charge in [0.1, 0.15) is 17.4 Å². The van der Waals surface area contributed by atoms with Gasteiger partial charge in [-0.3, -0.25) is 14.2 Å². The summed E-state index contributed by atoms with van der Waals surface area (Å²) >= 11 is 0. The van der Waals surface area contributed by atoms with Crippen LogP contribution in [0.4, 0.5) is 4.39 Å². The van der Waals surface area contributed by atoms with E-state index < -0.39 is 11.7 Å². The van der Waals surface area contributed by atoms with Crippen LogP contribution < -0.4 is 11.0 Å². The molecule has 0 spiro atoms. The third-order valence-corrected chi connectivity index (χ3v) is 4.98. The molecule has 29 heavy (non-hydrogen) atoms. The minimum Gasteiger partial charge on any atom is -0.507 e. The molecular formula is C21H19FN4O3. The van der Waals surface area contributed by atoms with Crippen LogP contribution in [0.25, 0.3) is 10.9 Å². The van der Waals surface area contributed by atoms with Crippen LogP contribution in [0, 0.1) is 5.82 Å². The zero-order valence-corrected chi connectivity index (χ0v) is 15.8. The number of hydrogen-bond donors (Lipinski definition) is 2. The van der Waals surface area contributed by atoms with Crippen molar-refractivity contribution in [1.82, 2.24) is 15.0 Å². The molecule has 0 bridgehead atoms. The van der Waals surface area contributed by atoms with Crippen LogP contribution in [0.15, 0.2) is 46.3 Å². The third kappa shape index (κ3) is 3.49. The van der Waals surface area contributed by atoms with Gasteiger partial charge in [-0.25, -0.2) is 14.8 Å². The Labute approximate surface area is 165 Å². The summed E-state index contributed by atoms with van der Waals surface area (Å²) in [5.74, 6) is -0.390. The maximum Gasteiger partial charge on any atom is 0.271 e. The van der Waals surface area contributed by atoms with Crippen molar-refractivity contribution in [3.63, 3.8) is 0 Å². The van der Waals surface area contributed by atoms with Crippen LogP contribution in [-0.4, -0.2) is 26.3 Å². The maximum atomic E-state index is 13.5. The van der Waals surface area contributed by atoms with Gasteiger partial charge in [0.05, 0.1) is 16.6 Å². The van der Waals surface area contributed by atoms with E-state index in [4.69, 9.17) is 0 Å². The second-order valence-corrected chi connectivity index (χ2v) is 6.83. The zero-order chi connectivity index (χ0) is 20.5. The molecule has 4 rings (SSSR count). The summed E-state index contributed by atoms with van der Waals surface area (Å²) in [5.41, 5.74) is 3.66. The number of halogens is 1. The Morgan fingerprint density at radius 2 is 2.14 bits per heavy atom. The number of aromatic hydroxyl groups is 1. The van der Waals surface area contributed by atoms with Gasteiger partial charge in [0.15, 0.2) is 0 Å². The van der Waals surface area contributed by atoms with E-state index in [9.17, 15) is 19.1 Å². The van der Waals surface area contributed by atoms with Crippen LogP contribution in [0.1, 0.15) is 41.5 Å². The zero-order valence-electron chi connectivity index (χ0n) is 15.8. The van der Waals surface area contributed by atoms with Crippen LogP contribution in [-0.2, 0) is 13.0 Å². The molecule has 7 nitrogen and oxygen atoms in total. The lowest BCUT2D eigenvalue weighted by atomic mass is 10.1. The summed E-state index contributed by atoms with van der Waals surface area (Å²) in [4.78, 5) is 29.6. The second-order valence-electron chi connectivity index (χ2n) is 6.83. The van der Waals surface area contributed by atoms with Gasteiger partial charge >= 0.3 is 0 Å². The van der Waals surface area contributed by atoms with Gasteiger partial charge in [0.2, 0.25) is 0 Å². The van der Waals surface area contributed by atoms with Gasteiger partial charge in [-0.05, 0) is 49.2 Å². The molecule has 0 aliphatic carbocycles. The monoisotopic (exact) mass is 394 g/mol. The van der Waals surface area contributed by atoms with Crippen molar-refractivity contribution in [3.05, 3.63) is 69.5 Å². The smallest absolute Gasteiger partial charge is 0.271 e. The number of phenolic OH excluding ortho intramolecular Hbond substituents is 1. The molecule has 8 heteroatoms. The predicted molar refractivity (Wildman–Crippen MR) is 107 cm³/mol. The molecule has 148 valence electrons. The van der Waals surface area contributed by atoms with E-state index in [1.54, 1.807) is 29.7 Å². The van der Waals surface area contributed by atoms with Crippen molar-refractivity contribution in [2.45, 2.75) is 32.7 Å². The van der Waals surface area contributed by atoms with E-state index in [0.717, 1.165) is 30.8 Å². The average molecular weight is 394 g/mol. The normalized spacial score (nSPS) is 13.5. The number of aromatic nitrogens is 2. The SMILES string of the molecule is CC/C(=N\NC(=O)c1ccc2c(=O)n3c(nc2c1)CCC3)c1cc(F)ccc1O. The van der Waals surface area contributed by atoms with Crippen LogP contribution >= 0.6 is 0 Å². The highest BCUT2D eigenvalue weighted by Gasteiger charge is 2.17. The van der Waals surface area contributed by atoms with Crippen molar-refractivity contribution in [2.24, 2.45) is 5.10 Å². The summed E-state index contributed by atoms with van der Waals surface area (Å²) < 4.78 is 15.2. The number of carbonyl (C=O) groups is 1. The lowest BCUT2D eigenvalue weighted by Gasteiger charge is -2.08. The molecule has 0 saturated carbocycles. The van der Waals surface area contributed by atoms with Gasteiger partial charge < -0.3 is 5.11 Å². The first kappa shape index (κ1) is 18.8. The molecule has 1 amide bonds. The number of hydrogen-bond acceptors (Lipinski definition) is 5. The van der Waals surface area contributed by atoms with Gasteiger partial charge in [0.25, 0.3) is 11.5 Å². The molecule has 3 aromatic rings. The number of nitrogens with one attached hydrogen (secondary N) is 1. The summed E-state index contributed by atoms with van der Waals surface area (Å²) in [6, 6.07) is 8.25. The van der Waals surface area contributed by atoms with Crippen molar-refractivity contribution in [1.29, 1.82) is 0 Å². The number of carbonyl (C=O) groups excluding carboxylic acids is 1. The molecule has 1 aromatic heterocycles. The molecule has 1 aliphatic heterocycles. The first-order chi connectivity index (χ1) is 14.0. The standard InChI is InChI=1S/C21H19FN4O3/c1-2-16(15-11-13(22)6-8-18(15)27)24-25-20(28)12-5-7-14-17(10-12)23-19-4-3-9-26(19)21(14)29/h5-8,10-11,27H,2-4,9H2,1H3,(H,25,28)/b24-16+. The molecule has 0 atom stereocenters. The first-order valence-corrected chi connectivity index (χ1v) is 9.37. The fourth-order valence-electron chi connectivity index (χ4n) is 3.48. The molecule has 2 N–H and O–H groups in total. The first-order valence-electron chi connectivity index (χ1n) is 9.37. The Kier molecular flexibility index (Phi) is 4.84. The Morgan fingerprint density at radius 3 is 2.93 bits per heavy atom. The summed E-state index contributed by atoms with van der Waals surface area (Å²) in [6.07, 6.45) is 2.00. The Hall–Kier alpha value is -3.55. The van der Waals surface area contributed by atoms with Crippen molar-refractivity contribution in [3.8, 4) is 5.75 Å². The quantitative estimate of drug-likeness (QED) is 0.525. The number of amides is 1. The van der Waals surface area contributed by atoms with Crippen LogP contribution in [0.5, 0.6) is 5.75 Å². The summed E-state index contributed by atoms with van der Waals surface area (Å²) in [6.45, 7) is 2.45. The van der Waals surface area contributed by atoms with E-state index in [1.165, 1.54) is 6.07 Å². The molecule has 1 aliphatic rings. The van der Waals surface area contributed by atoms with Gasteiger partial charge in [0, 0.05) is 24.1 Å². The highest BCUT2D eigenvalue weighted by Crippen LogP contribution is 2.20. The minimum atomic E-state index is -0.510. The van der Waals surface area contributed by atoms with E-state index >= 15 is 0 Å². The van der Waals surface area contributed by atoms with E-state index in [2.05, 4.69) is 15.5 Å². The van der Waals surface area contributed by atoms with Crippen LogP contribution in [0.2, 0.25) is 0 Å². The fraction of sp³-hybridized carbons (Fsp3) is 0.238. The lowest BCUT2D eigenvalue weighted by Crippen LogP contribution is -2.22. The number of aryl methyl sites for hydroxylation is 1. The Balaban J connectivity index is 1.63. The minimum absolute atomic E-state index is 0.0951. The number of hydrazone groups is 1. The highest BCUT2D eigenvalue weighted by molar-refractivity contribution is 6.04. The van der Waals surface area contributed by atoms with Crippen molar-refractivity contribution >= 4 is 22.5 Å². The van der Waals surface area contributed by atoms with Crippen LogP contribution in [0.3, 0.4) is 0 Å². The van der Waals surface area contributed by atoms with Gasteiger partial charge in [-0.15, -0.1) is 0 Å².